The van der Waals surface area contributed by atoms with Gasteiger partial charge in [-0.1, -0.05) is 46.9 Å². The molecule has 112 valence electrons. The van der Waals surface area contributed by atoms with Crippen LogP contribution in [-0.2, 0) is 6.18 Å². The van der Waals surface area contributed by atoms with Gasteiger partial charge in [0.25, 0.3) is 0 Å². The highest BCUT2D eigenvalue weighted by molar-refractivity contribution is 6.45. The van der Waals surface area contributed by atoms with E-state index in [2.05, 4.69) is 0 Å². The first-order valence-corrected chi connectivity index (χ1v) is 6.78. The third-order valence-electron chi connectivity index (χ3n) is 2.81. The molecule has 0 N–H and O–H groups in total. The maximum atomic E-state index is 13.3. The second kappa shape index (κ2) is 5.95. The van der Waals surface area contributed by atoms with Crippen LogP contribution in [0.4, 0.5) is 13.2 Å². The highest BCUT2D eigenvalue weighted by atomic mass is 35.5. The summed E-state index contributed by atoms with van der Waals surface area (Å²) in [6.45, 7) is 0. The molecule has 0 unspecified atom stereocenters. The lowest BCUT2D eigenvalue weighted by molar-refractivity contribution is -0.138. The number of alkyl halides is 3. The number of hydrogen-bond donors (Lipinski definition) is 0. The van der Waals surface area contributed by atoms with E-state index >= 15 is 0 Å². The standard InChI is InChI=1S/C14H8Cl3F3O/c1-21-11-4-2-3-8(12(11)14(18,19)20)9-5-7(15)6-10(16)13(9)17/h2-6H,1H3. The highest BCUT2D eigenvalue weighted by Crippen LogP contribution is 2.46. The second-order valence-electron chi connectivity index (χ2n) is 4.13. The van der Waals surface area contributed by atoms with E-state index in [4.69, 9.17) is 39.5 Å². The number of halogens is 6. The maximum Gasteiger partial charge on any atom is 0.420 e. The van der Waals surface area contributed by atoms with Crippen molar-refractivity contribution in [2.75, 3.05) is 7.11 Å². The quantitative estimate of drug-likeness (QED) is 0.571. The summed E-state index contributed by atoms with van der Waals surface area (Å²) < 4.78 is 44.8. The van der Waals surface area contributed by atoms with Crippen molar-refractivity contribution in [1.82, 2.24) is 0 Å². The molecule has 2 aromatic rings. The molecule has 0 bridgehead atoms. The Hall–Kier alpha value is -1.10. The van der Waals surface area contributed by atoms with E-state index < -0.39 is 11.7 Å². The van der Waals surface area contributed by atoms with Gasteiger partial charge in [-0.2, -0.15) is 13.2 Å². The van der Waals surface area contributed by atoms with Crippen molar-refractivity contribution < 1.29 is 17.9 Å². The Morgan fingerprint density at radius 1 is 1.00 bits per heavy atom. The van der Waals surface area contributed by atoms with Gasteiger partial charge in [-0.25, -0.2) is 0 Å². The summed E-state index contributed by atoms with van der Waals surface area (Å²) in [6, 6.07) is 6.66. The van der Waals surface area contributed by atoms with Crippen LogP contribution < -0.4 is 4.74 Å². The molecule has 21 heavy (non-hydrogen) atoms. The highest BCUT2D eigenvalue weighted by Gasteiger charge is 2.37. The Bertz CT molecular complexity index is 684. The van der Waals surface area contributed by atoms with Crippen molar-refractivity contribution in [2.24, 2.45) is 0 Å². The molecule has 0 saturated carbocycles. The van der Waals surface area contributed by atoms with E-state index in [9.17, 15) is 13.2 Å². The van der Waals surface area contributed by atoms with Crippen LogP contribution in [-0.4, -0.2) is 7.11 Å². The second-order valence-corrected chi connectivity index (χ2v) is 5.35. The van der Waals surface area contributed by atoms with Crippen molar-refractivity contribution in [3.05, 3.63) is 51.0 Å². The molecule has 0 aliphatic carbocycles. The number of hydrogen-bond acceptors (Lipinski definition) is 1. The van der Waals surface area contributed by atoms with Crippen LogP contribution >= 0.6 is 34.8 Å². The van der Waals surface area contributed by atoms with Crippen LogP contribution in [0, 0.1) is 0 Å². The molecule has 0 aromatic heterocycles. The minimum atomic E-state index is -4.61. The molecule has 0 atom stereocenters. The average molecular weight is 356 g/mol. The molecular weight excluding hydrogens is 348 g/mol. The SMILES string of the molecule is COc1cccc(-c2cc(Cl)cc(Cl)c2Cl)c1C(F)(F)F. The fraction of sp³-hybridized carbons (Fsp3) is 0.143. The van der Waals surface area contributed by atoms with Gasteiger partial charge in [0.2, 0.25) is 0 Å². The normalized spacial score (nSPS) is 11.6. The van der Waals surface area contributed by atoms with Gasteiger partial charge in [0.05, 0.1) is 17.2 Å². The minimum Gasteiger partial charge on any atom is -0.496 e. The first-order valence-electron chi connectivity index (χ1n) is 5.64. The van der Waals surface area contributed by atoms with Crippen molar-refractivity contribution in [3.8, 4) is 16.9 Å². The first kappa shape index (κ1) is 16.3. The summed E-state index contributed by atoms with van der Waals surface area (Å²) in [5, 5.41) is 0.269. The first-order chi connectivity index (χ1) is 9.75. The molecule has 7 heteroatoms. The summed E-state index contributed by atoms with van der Waals surface area (Å²) in [5.74, 6) is -0.299. The van der Waals surface area contributed by atoms with Gasteiger partial charge in [0.15, 0.2) is 0 Å². The minimum absolute atomic E-state index is 0.000167. The van der Waals surface area contributed by atoms with Gasteiger partial charge in [0, 0.05) is 10.6 Å². The van der Waals surface area contributed by atoms with Crippen molar-refractivity contribution >= 4 is 34.8 Å². The Labute approximate surface area is 134 Å². The molecule has 2 rings (SSSR count). The van der Waals surface area contributed by atoms with E-state index in [-0.39, 0.29) is 31.9 Å². The van der Waals surface area contributed by atoms with Gasteiger partial charge in [-0.3, -0.25) is 0 Å². The van der Waals surface area contributed by atoms with Crippen molar-refractivity contribution in [3.63, 3.8) is 0 Å². The van der Waals surface area contributed by atoms with Crippen LogP contribution in [0.2, 0.25) is 15.1 Å². The molecule has 2 aromatic carbocycles. The smallest absolute Gasteiger partial charge is 0.420 e. The molecule has 0 fully saturated rings. The van der Waals surface area contributed by atoms with E-state index in [1.807, 2.05) is 0 Å². The van der Waals surface area contributed by atoms with Gasteiger partial charge >= 0.3 is 6.18 Å². The molecule has 0 spiro atoms. The average Bonchev–Trinajstić information content (AvgIpc) is 2.40. The lowest BCUT2D eigenvalue weighted by Crippen LogP contribution is -2.09. The molecule has 0 radical (unpaired) electrons. The van der Waals surface area contributed by atoms with Crippen molar-refractivity contribution in [1.29, 1.82) is 0 Å². The number of rotatable bonds is 2. The predicted molar refractivity (Wildman–Crippen MR) is 78.5 cm³/mol. The Morgan fingerprint density at radius 2 is 1.67 bits per heavy atom. The van der Waals surface area contributed by atoms with E-state index in [1.165, 1.54) is 37.4 Å². The fourth-order valence-corrected chi connectivity index (χ4v) is 2.67. The molecule has 0 saturated heterocycles. The maximum absolute atomic E-state index is 13.3. The third kappa shape index (κ3) is 3.23. The van der Waals surface area contributed by atoms with Crippen LogP contribution in [0.1, 0.15) is 5.56 Å². The molecule has 0 amide bonds. The summed E-state index contributed by atoms with van der Waals surface area (Å²) in [4.78, 5) is 0. The van der Waals surface area contributed by atoms with Gasteiger partial charge < -0.3 is 4.74 Å². The topological polar surface area (TPSA) is 9.23 Å². The zero-order chi connectivity index (χ0) is 15.8. The van der Waals surface area contributed by atoms with Gasteiger partial charge in [-0.15, -0.1) is 0 Å². The zero-order valence-corrected chi connectivity index (χ0v) is 12.8. The van der Waals surface area contributed by atoms with Crippen LogP contribution in [0.25, 0.3) is 11.1 Å². The van der Waals surface area contributed by atoms with E-state index in [0.29, 0.717) is 0 Å². The number of ether oxygens (including phenoxy) is 1. The van der Waals surface area contributed by atoms with Crippen LogP contribution in [0.3, 0.4) is 0 Å². The Balaban J connectivity index is 2.82. The number of methoxy groups -OCH3 is 1. The van der Waals surface area contributed by atoms with Crippen LogP contribution in [0.15, 0.2) is 30.3 Å². The molecule has 0 heterocycles. The summed E-state index contributed by atoms with van der Waals surface area (Å²) in [5.41, 5.74) is -0.968. The predicted octanol–water partition coefficient (Wildman–Crippen LogP) is 6.34. The Morgan fingerprint density at radius 3 is 2.24 bits per heavy atom. The van der Waals surface area contributed by atoms with Gasteiger partial charge in [0.1, 0.15) is 11.3 Å². The molecule has 1 nitrogen and oxygen atoms in total. The largest absolute Gasteiger partial charge is 0.496 e. The van der Waals surface area contributed by atoms with Crippen molar-refractivity contribution in [2.45, 2.75) is 6.18 Å². The molecule has 0 aliphatic heterocycles. The fourth-order valence-electron chi connectivity index (χ4n) is 1.97. The summed E-state index contributed by atoms with van der Waals surface area (Å²) >= 11 is 17.8. The van der Waals surface area contributed by atoms with E-state index in [1.54, 1.807) is 0 Å². The van der Waals surface area contributed by atoms with E-state index in [0.717, 1.165) is 0 Å². The monoisotopic (exact) mass is 354 g/mol. The van der Waals surface area contributed by atoms with Gasteiger partial charge in [-0.05, 0) is 23.8 Å². The van der Waals surface area contributed by atoms with Crippen LogP contribution in [0.5, 0.6) is 5.75 Å². The lowest BCUT2D eigenvalue weighted by Gasteiger charge is -2.17. The zero-order valence-electron chi connectivity index (χ0n) is 10.6. The summed E-state index contributed by atoms with van der Waals surface area (Å²) in [7, 11) is 1.17. The number of benzene rings is 2. The molecule has 0 aliphatic rings. The molecular formula is C14H8Cl3F3O. The summed E-state index contributed by atoms with van der Waals surface area (Å²) in [6.07, 6.45) is -4.61. The Kier molecular flexibility index (Phi) is 4.61. The third-order valence-corrected chi connectivity index (χ3v) is 3.83. The lowest BCUT2D eigenvalue weighted by atomic mass is 9.98.